The van der Waals surface area contributed by atoms with Gasteiger partial charge in [-0.2, -0.15) is 0 Å². The Kier molecular flexibility index (Phi) is 6.74. The molecule has 3 aromatic carbocycles. The smallest absolute Gasteiger partial charge is 0.241 e. The van der Waals surface area contributed by atoms with Crippen molar-refractivity contribution < 1.29 is 13.2 Å². The third-order valence-electron chi connectivity index (χ3n) is 5.47. The molecule has 6 nitrogen and oxygen atoms in total. The number of carbonyl (C=O) groups excluding carboxylic acids is 1. The van der Waals surface area contributed by atoms with Gasteiger partial charge in [0.05, 0.1) is 16.8 Å². The number of nitrogens with zero attached hydrogens (tertiary/aromatic N) is 1. The molecule has 0 saturated carbocycles. The van der Waals surface area contributed by atoms with E-state index < -0.39 is 15.6 Å². The molecule has 0 spiro atoms. The van der Waals surface area contributed by atoms with Crippen molar-refractivity contribution in [3.8, 4) is 11.1 Å². The number of nitrogens with one attached hydrogen (secondary N) is 2. The number of benzene rings is 3. The summed E-state index contributed by atoms with van der Waals surface area (Å²) in [5.41, 5.74) is 4.28. The summed E-state index contributed by atoms with van der Waals surface area (Å²) < 4.78 is 28.1. The van der Waals surface area contributed by atoms with Crippen LogP contribution in [0.1, 0.15) is 32.0 Å². The molecule has 0 fully saturated rings. The van der Waals surface area contributed by atoms with E-state index in [1.54, 1.807) is 32.9 Å². The fourth-order valence-corrected chi connectivity index (χ4v) is 5.56. The van der Waals surface area contributed by atoms with Crippen LogP contribution in [0.25, 0.3) is 22.0 Å². The Morgan fingerprint density at radius 1 is 0.914 bits per heavy atom. The van der Waals surface area contributed by atoms with Crippen LogP contribution in [0, 0.1) is 6.92 Å². The number of fused-ring (bicyclic) bond motifs is 1. The zero-order valence-corrected chi connectivity index (χ0v) is 21.1. The Morgan fingerprint density at radius 3 is 2.31 bits per heavy atom. The van der Waals surface area contributed by atoms with Crippen LogP contribution in [0.5, 0.6) is 0 Å². The van der Waals surface area contributed by atoms with Gasteiger partial charge in [0.1, 0.15) is 0 Å². The number of aryl methyl sites for hydroxylation is 1. The maximum absolute atomic E-state index is 13.1. The quantitative estimate of drug-likeness (QED) is 0.378. The van der Waals surface area contributed by atoms with Gasteiger partial charge >= 0.3 is 0 Å². The zero-order chi connectivity index (χ0) is 25.2. The summed E-state index contributed by atoms with van der Waals surface area (Å²) in [4.78, 5) is 18.0. The van der Waals surface area contributed by atoms with Gasteiger partial charge in [0.2, 0.25) is 15.9 Å². The maximum atomic E-state index is 13.1. The number of hydrogen-bond acceptors (Lipinski definition) is 4. The number of hydrogen-bond donors (Lipinski definition) is 2. The molecule has 0 unspecified atom stereocenters. The summed E-state index contributed by atoms with van der Waals surface area (Å²) in [6, 6.07) is 24.1. The molecule has 4 rings (SSSR count). The average Bonchev–Trinajstić information content (AvgIpc) is 2.79. The first-order valence-electron chi connectivity index (χ1n) is 11.4. The van der Waals surface area contributed by atoms with Crippen LogP contribution >= 0.6 is 0 Å². The molecule has 2 N–H and O–H groups in total. The van der Waals surface area contributed by atoms with Crippen molar-refractivity contribution in [1.82, 2.24) is 9.71 Å². The van der Waals surface area contributed by atoms with Crippen molar-refractivity contribution in [1.29, 1.82) is 0 Å². The monoisotopic (exact) mass is 487 g/mol. The predicted molar refractivity (Wildman–Crippen MR) is 141 cm³/mol. The standard InChI is InChI=1S/C28H29N3O3S/c1-19-24(27(20-11-6-5-7-12-20)23-15-8-9-16-25(23)29-19)18-26(32)30-21-13-10-14-22(17-21)35(33,34)31-28(2,3)4/h5-17,31H,18H2,1-4H3,(H,30,32). The first-order valence-corrected chi connectivity index (χ1v) is 12.9. The SMILES string of the molecule is Cc1nc2ccccc2c(-c2ccccc2)c1CC(=O)Nc1cccc(S(=O)(=O)NC(C)(C)C)c1. The molecule has 0 radical (unpaired) electrons. The summed E-state index contributed by atoms with van der Waals surface area (Å²) in [6.45, 7) is 7.24. The molecule has 1 amide bonds. The lowest BCUT2D eigenvalue weighted by molar-refractivity contribution is -0.115. The van der Waals surface area contributed by atoms with Crippen molar-refractivity contribution >= 4 is 32.5 Å². The molecule has 0 aliphatic heterocycles. The third kappa shape index (κ3) is 5.75. The normalized spacial score (nSPS) is 12.0. The number of carbonyl (C=O) groups is 1. The van der Waals surface area contributed by atoms with Gasteiger partial charge in [0, 0.05) is 22.3 Å². The lowest BCUT2D eigenvalue weighted by Crippen LogP contribution is -2.40. The number of pyridine rings is 1. The number of sulfonamides is 1. The van der Waals surface area contributed by atoms with Crippen LogP contribution in [-0.2, 0) is 21.2 Å². The van der Waals surface area contributed by atoms with Gasteiger partial charge in [-0.3, -0.25) is 9.78 Å². The zero-order valence-electron chi connectivity index (χ0n) is 20.3. The molecule has 180 valence electrons. The molecule has 1 heterocycles. The van der Waals surface area contributed by atoms with Gasteiger partial charge in [-0.25, -0.2) is 13.1 Å². The maximum Gasteiger partial charge on any atom is 0.241 e. The van der Waals surface area contributed by atoms with Gasteiger partial charge in [0.15, 0.2) is 0 Å². The summed E-state index contributed by atoms with van der Waals surface area (Å²) >= 11 is 0. The molecule has 7 heteroatoms. The third-order valence-corrected chi connectivity index (χ3v) is 7.22. The number of aromatic nitrogens is 1. The molecular formula is C28H29N3O3S. The molecule has 4 aromatic rings. The van der Waals surface area contributed by atoms with E-state index in [1.807, 2.05) is 61.5 Å². The molecule has 0 aliphatic rings. The van der Waals surface area contributed by atoms with E-state index in [9.17, 15) is 13.2 Å². The lowest BCUT2D eigenvalue weighted by atomic mass is 9.92. The second-order valence-corrected chi connectivity index (χ2v) is 11.2. The van der Waals surface area contributed by atoms with Crippen molar-refractivity contribution in [2.24, 2.45) is 0 Å². The molecule has 0 saturated heterocycles. The first-order chi connectivity index (χ1) is 16.5. The molecular weight excluding hydrogens is 458 g/mol. The number of anilines is 1. The molecule has 1 aromatic heterocycles. The number of para-hydroxylation sites is 1. The Balaban J connectivity index is 1.66. The minimum absolute atomic E-state index is 0.0961. The largest absolute Gasteiger partial charge is 0.326 e. The van der Waals surface area contributed by atoms with Crippen LogP contribution < -0.4 is 10.0 Å². The summed E-state index contributed by atoms with van der Waals surface area (Å²) in [6.07, 6.45) is 0.102. The fraction of sp³-hybridized carbons (Fsp3) is 0.214. The Labute approximate surface area is 206 Å². The van der Waals surface area contributed by atoms with Gasteiger partial charge in [-0.1, -0.05) is 54.6 Å². The van der Waals surface area contributed by atoms with Crippen molar-refractivity contribution in [3.63, 3.8) is 0 Å². The Bertz CT molecular complexity index is 1490. The van der Waals surface area contributed by atoms with Crippen molar-refractivity contribution in [2.75, 3.05) is 5.32 Å². The predicted octanol–water partition coefficient (Wildman–Crippen LogP) is 5.47. The van der Waals surface area contributed by atoms with Crippen LogP contribution in [-0.4, -0.2) is 24.8 Å². The van der Waals surface area contributed by atoms with Gasteiger partial charge < -0.3 is 5.32 Å². The van der Waals surface area contributed by atoms with E-state index >= 15 is 0 Å². The van der Waals surface area contributed by atoms with Crippen LogP contribution in [0.3, 0.4) is 0 Å². The second kappa shape index (κ2) is 9.60. The summed E-state index contributed by atoms with van der Waals surface area (Å²) in [7, 11) is -3.72. The van der Waals surface area contributed by atoms with Gasteiger partial charge in [-0.15, -0.1) is 0 Å². The number of amides is 1. The van der Waals surface area contributed by atoms with Crippen LogP contribution in [0.2, 0.25) is 0 Å². The fourth-order valence-electron chi connectivity index (χ4n) is 4.09. The molecule has 0 bridgehead atoms. The van der Waals surface area contributed by atoms with E-state index in [0.29, 0.717) is 5.69 Å². The minimum Gasteiger partial charge on any atom is -0.326 e. The highest BCUT2D eigenvalue weighted by Crippen LogP contribution is 2.33. The van der Waals surface area contributed by atoms with Crippen molar-refractivity contribution in [3.05, 3.63) is 90.1 Å². The van der Waals surface area contributed by atoms with E-state index in [4.69, 9.17) is 4.98 Å². The molecule has 0 atom stereocenters. The first kappa shape index (κ1) is 24.6. The van der Waals surface area contributed by atoms with Crippen LogP contribution in [0.15, 0.2) is 83.8 Å². The minimum atomic E-state index is -3.72. The molecule has 0 aliphatic carbocycles. The van der Waals surface area contributed by atoms with Crippen LogP contribution in [0.4, 0.5) is 5.69 Å². The Morgan fingerprint density at radius 2 is 1.60 bits per heavy atom. The van der Waals surface area contributed by atoms with Gasteiger partial charge in [-0.05, 0) is 68.7 Å². The highest BCUT2D eigenvalue weighted by atomic mass is 32.2. The highest BCUT2D eigenvalue weighted by molar-refractivity contribution is 7.89. The lowest BCUT2D eigenvalue weighted by Gasteiger charge is -2.20. The van der Waals surface area contributed by atoms with Crippen molar-refractivity contribution in [2.45, 2.75) is 44.6 Å². The Hall–Kier alpha value is -3.55. The summed E-state index contributed by atoms with van der Waals surface area (Å²) in [5.74, 6) is -0.249. The molecule has 35 heavy (non-hydrogen) atoms. The summed E-state index contributed by atoms with van der Waals surface area (Å²) in [5, 5.41) is 3.84. The van der Waals surface area contributed by atoms with E-state index in [1.165, 1.54) is 12.1 Å². The average molecular weight is 488 g/mol. The van der Waals surface area contributed by atoms with E-state index in [2.05, 4.69) is 10.0 Å². The topological polar surface area (TPSA) is 88.2 Å². The second-order valence-electron chi connectivity index (χ2n) is 9.54. The van der Waals surface area contributed by atoms with E-state index in [0.717, 1.165) is 33.3 Å². The number of rotatable bonds is 6. The van der Waals surface area contributed by atoms with E-state index in [-0.39, 0.29) is 17.2 Å². The highest BCUT2D eigenvalue weighted by Gasteiger charge is 2.23. The van der Waals surface area contributed by atoms with Gasteiger partial charge in [0.25, 0.3) is 0 Å².